The van der Waals surface area contributed by atoms with Crippen LogP contribution in [-0.2, 0) is 9.84 Å². The fourth-order valence-electron chi connectivity index (χ4n) is 5.23. The summed E-state index contributed by atoms with van der Waals surface area (Å²) in [6, 6.07) is 5.95. The molecule has 5 heteroatoms. The van der Waals surface area contributed by atoms with Gasteiger partial charge in [-0.15, -0.1) is 0 Å². The van der Waals surface area contributed by atoms with Crippen molar-refractivity contribution in [2.75, 3.05) is 12.3 Å². The van der Waals surface area contributed by atoms with Crippen LogP contribution in [0.25, 0.3) is 0 Å². The fourth-order valence-corrected chi connectivity index (χ4v) is 7.44. The van der Waals surface area contributed by atoms with Gasteiger partial charge in [-0.25, -0.2) is 8.42 Å². The number of carbonyl (C=O) groups excluding carboxylic acids is 1. The van der Waals surface area contributed by atoms with Gasteiger partial charge in [0.25, 0.3) is 5.91 Å². The summed E-state index contributed by atoms with van der Waals surface area (Å²) in [5.74, 6) is 1.61. The molecule has 0 atom stereocenters. The highest BCUT2D eigenvalue weighted by Gasteiger charge is 2.43. The average Bonchev–Trinajstić information content (AvgIpc) is 3.58. The SMILES string of the molecule is Cc1cccc(C)c1C(=O)NCC1(CC2CC2)CCC(S(=O)(=O)CC2CC2)CC1. The zero-order valence-electron chi connectivity index (χ0n) is 17.9. The number of nitrogens with one attached hydrogen (secondary N) is 1. The van der Waals surface area contributed by atoms with E-state index in [9.17, 15) is 13.2 Å². The van der Waals surface area contributed by atoms with Crippen LogP contribution in [0.5, 0.6) is 0 Å². The van der Waals surface area contributed by atoms with Gasteiger partial charge in [-0.3, -0.25) is 4.79 Å². The predicted molar refractivity (Wildman–Crippen MR) is 117 cm³/mol. The van der Waals surface area contributed by atoms with E-state index in [1.54, 1.807) is 0 Å². The third-order valence-electron chi connectivity index (χ3n) is 7.42. The first-order chi connectivity index (χ1) is 13.8. The van der Waals surface area contributed by atoms with Crippen molar-refractivity contribution in [3.8, 4) is 0 Å². The summed E-state index contributed by atoms with van der Waals surface area (Å²) in [4.78, 5) is 12.9. The summed E-state index contributed by atoms with van der Waals surface area (Å²) in [5.41, 5.74) is 2.87. The number of rotatable bonds is 8. The Hall–Kier alpha value is -1.36. The minimum absolute atomic E-state index is 0.0132. The lowest BCUT2D eigenvalue weighted by atomic mass is 9.70. The molecule has 160 valence electrons. The van der Waals surface area contributed by atoms with Gasteiger partial charge in [0.05, 0.1) is 11.0 Å². The molecule has 0 radical (unpaired) electrons. The molecule has 1 aromatic rings. The largest absolute Gasteiger partial charge is 0.351 e. The summed E-state index contributed by atoms with van der Waals surface area (Å²) in [6.45, 7) is 4.64. The van der Waals surface area contributed by atoms with E-state index in [0.717, 1.165) is 67.6 Å². The fraction of sp³-hybridized carbons (Fsp3) is 0.708. The van der Waals surface area contributed by atoms with Crippen LogP contribution < -0.4 is 5.32 Å². The number of hydrogen-bond donors (Lipinski definition) is 1. The maximum absolute atomic E-state index is 12.9. The Labute approximate surface area is 175 Å². The number of aryl methyl sites for hydroxylation is 2. The van der Waals surface area contributed by atoms with E-state index in [0.29, 0.717) is 18.2 Å². The van der Waals surface area contributed by atoms with Crippen molar-refractivity contribution in [2.24, 2.45) is 17.3 Å². The van der Waals surface area contributed by atoms with E-state index in [1.165, 1.54) is 12.8 Å². The number of carbonyl (C=O) groups is 1. The first-order valence-electron chi connectivity index (χ1n) is 11.3. The predicted octanol–water partition coefficient (Wildman–Crippen LogP) is 4.59. The molecule has 0 bridgehead atoms. The third-order valence-corrected chi connectivity index (χ3v) is 9.84. The first-order valence-corrected chi connectivity index (χ1v) is 13.1. The zero-order valence-corrected chi connectivity index (χ0v) is 18.7. The maximum Gasteiger partial charge on any atom is 0.251 e. The van der Waals surface area contributed by atoms with Crippen LogP contribution >= 0.6 is 0 Å². The van der Waals surface area contributed by atoms with Gasteiger partial charge >= 0.3 is 0 Å². The molecule has 0 saturated heterocycles. The van der Waals surface area contributed by atoms with Gasteiger partial charge in [-0.05, 0) is 87.2 Å². The Morgan fingerprint density at radius 2 is 1.59 bits per heavy atom. The number of benzene rings is 1. The van der Waals surface area contributed by atoms with Crippen molar-refractivity contribution in [3.63, 3.8) is 0 Å². The highest BCUT2D eigenvalue weighted by atomic mass is 32.2. The Bertz CT molecular complexity index is 840. The lowest BCUT2D eigenvalue weighted by Crippen LogP contribution is -2.43. The molecular weight excluding hydrogens is 382 g/mol. The molecule has 4 rings (SSSR count). The Balaban J connectivity index is 1.41. The standard InChI is InChI=1S/C24H35NO3S/c1-17-4-3-5-18(2)22(17)23(26)25-16-24(14-19-6-7-19)12-10-21(11-13-24)29(27,28)15-20-8-9-20/h3-5,19-21H,6-16H2,1-2H3,(H,25,26). The second-order valence-electron chi connectivity index (χ2n) is 10.1. The Kier molecular flexibility index (Phi) is 5.80. The molecule has 1 amide bonds. The minimum atomic E-state index is -2.96. The molecule has 1 N–H and O–H groups in total. The summed E-state index contributed by atoms with van der Waals surface area (Å²) < 4.78 is 25.5. The lowest BCUT2D eigenvalue weighted by Gasteiger charge is -2.40. The van der Waals surface area contributed by atoms with E-state index in [2.05, 4.69) is 5.32 Å². The summed E-state index contributed by atoms with van der Waals surface area (Å²) in [7, 11) is -2.96. The molecule has 3 fully saturated rings. The van der Waals surface area contributed by atoms with Crippen LogP contribution in [0.3, 0.4) is 0 Å². The van der Waals surface area contributed by atoms with Gasteiger partial charge in [0, 0.05) is 12.1 Å². The molecule has 3 saturated carbocycles. The summed E-state index contributed by atoms with van der Waals surface area (Å²) >= 11 is 0. The van der Waals surface area contributed by atoms with Crippen LogP contribution in [0.4, 0.5) is 0 Å². The number of sulfone groups is 1. The molecule has 0 heterocycles. The smallest absolute Gasteiger partial charge is 0.251 e. The van der Waals surface area contributed by atoms with Crippen LogP contribution in [0, 0.1) is 31.1 Å². The van der Waals surface area contributed by atoms with E-state index < -0.39 is 9.84 Å². The minimum Gasteiger partial charge on any atom is -0.351 e. The van der Waals surface area contributed by atoms with Crippen LogP contribution in [-0.4, -0.2) is 31.9 Å². The topological polar surface area (TPSA) is 63.2 Å². The van der Waals surface area contributed by atoms with Gasteiger partial charge in [0.15, 0.2) is 9.84 Å². The highest BCUT2D eigenvalue weighted by Crippen LogP contribution is 2.48. The molecule has 0 spiro atoms. The molecule has 0 aromatic heterocycles. The van der Waals surface area contributed by atoms with Crippen molar-refractivity contribution in [3.05, 3.63) is 34.9 Å². The molecule has 0 aliphatic heterocycles. The van der Waals surface area contributed by atoms with Crippen LogP contribution in [0.1, 0.15) is 79.3 Å². The van der Waals surface area contributed by atoms with Crippen LogP contribution in [0.2, 0.25) is 0 Å². The molecule has 4 nitrogen and oxygen atoms in total. The second-order valence-corrected chi connectivity index (χ2v) is 12.4. The van der Waals surface area contributed by atoms with Crippen molar-refractivity contribution in [1.29, 1.82) is 0 Å². The third kappa shape index (κ3) is 5.04. The number of amides is 1. The summed E-state index contributed by atoms with van der Waals surface area (Å²) in [5, 5.41) is 3.07. The van der Waals surface area contributed by atoms with E-state index >= 15 is 0 Å². The second kappa shape index (κ2) is 8.05. The first kappa shape index (κ1) is 20.9. The van der Waals surface area contributed by atoms with Gasteiger partial charge in [-0.1, -0.05) is 31.0 Å². The zero-order chi connectivity index (χ0) is 20.6. The van der Waals surface area contributed by atoms with Gasteiger partial charge < -0.3 is 5.32 Å². The van der Waals surface area contributed by atoms with E-state index in [1.807, 2.05) is 32.0 Å². The van der Waals surface area contributed by atoms with Crippen molar-refractivity contribution in [2.45, 2.75) is 76.9 Å². The van der Waals surface area contributed by atoms with Crippen molar-refractivity contribution >= 4 is 15.7 Å². The summed E-state index contributed by atoms with van der Waals surface area (Å²) in [6.07, 6.45) is 9.25. The number of hydrogen-bond acceptors (Lipinski definition) is 3. The van der Waals surface area contributed by atoms with Gasteiger partial charge in [-0.2, -0.15) is 0 Å². The molecule has 3 aliphatic carbocycles. The molecule has 3 aliphatic rings. The van der Waals surface area contributed by atoms with Gasteiger partial charge in [0.1, 0.15) is 0 Å². The van der Waals surface area contributed by atoms with Crippen molar-refractivity contribution in [1.82, 2.24) is 5.32 Å². The molecular formula is C24H35NO3S. The highest BCUT2D eigenvalue weighted by molar-refractivity contribution is 7.92. The van der Waals surface area contributed by atoms with Gasteiger partial charge in [0.2, 0.25) is 0 Å². The van der Waals surface area contributed by atoms with E-state index in [4.69, 9.17) is 0 Å². The quantitative estimate of drug-likeness (QED) is 0.673. The average molecular weight is 418 g/mol. The Morgan fingerprint density at radius 3 is 2.14 bits per heavy atom. The van der Waals surface area contributed by atoms with Crippen molar-refractivity contribution < 1.29 is 13.2 Å². The molecule has 0 unspecified atom stereocenters. The monoisotopic (exact) mass is 417 g/mol. The Morgan fingerprint density at radius 1 is 1.00 bits per heavy atom. The normalized spacial score (nSPS) is 27.6. The molecule has 29 heavy (non-hydrogen) atoms. The maximum atomic E-state index is 12.9. The van der Waals surface area contributed by atoms with Crippen LogP contribution in [0.15, 0.2) is 18.2 Å². The van der Waals surface area contributed by atoms with E-state index in [-0.39, 0.29) is 16.6 Å². The lowest BCUT2D eigenvalue weighted by molar-refractivity contribution is 0.0894. The molecule has 1 aromatic carbocycles.